The highest BCUT2D eigenvalue weighted by Gasteiger charge is 2.24. The van der Waals surface area contributed by atoms with Gasteiger partial charge in [-0.15, -0.1) is 11.3 Å². The fourth-order valence-electron chi connectivity index (χ4n) is 2.62. The molecule has 0 aliphatic carbocycles. The van der Waals surface area contributed by atoms with Gasteiger partial charge < -0.3 is 19.5 Å². The number of carbonyl (C=O) groups is 2. The Morgan fingerprint density at radius 2 is 2.04 bits per heavy atom. The fourth-order valence-corrected chi connectivity index (χ4v) is 3.84. The molecule has 0 bridgehead atoms. The SMILES string of the molecule is Cc1cc(NC(=O)C(C)(C)C)sc1C(=O)OCc1cc(Cl)cc2c1OCOC2. The highest BCUT2D eigenvalue weighted by atomic mass is 35.5. The van der Waals surface area contributed by atoms with Crippen LogP contribution in [0, 0.1) is 12.3 Å². The van der Waals surface area contributed by atoms with Crippen molar-refractivity contribution in [3.8, 4) is 5.75 Å². The molecule has 1 aromatic carbocycles. The third-order valence-electron chi connectivity index (χ3n) is 4.13. The maximum atomic E-state index is 12.6. The lowest BCUT2D eigenvalue weighted by Gasteiger charge is -2.21. The van der Waals surface area contributed by atoms with E-state index in [0.29, 0.717) is 32.8 Å². The number of hydrogen-bond acceptors (Lipinski definition) is 6. The van der Waals surface area contributed by atoms with Gasteiger partial charge in [-0.25, -0.2) is 4.79 Å². The number of amides is 1. The van der Waals surface area contributed by atoms with Gasteiger partial charge in [-0.3, -0.25) is 4.79 Å². The van der Waals surface area contributed by atoms with E-state index in [9.17, 15) is 9.59 Å². The average molecular weight is 424 g/mol. The Morgan fingerprint density at radius 3 is 2.75 bits per heavy atom. The van der Waals surface area contributed by atoms with Gasteiger partial charge in [-0.2, -0.15) is 0 Å². The van der Waals surface area contributed by atoms with Crippen LogP contribution in [0.1, 0.15) is 47.1 Å². The maximum absolute atomic E-state index is 12.6. The zero-order valence-corrected chi connectivity index (χ0v) is 17.8. The molecule has 0 spiro atoms. The summed E-state index contributed by atoms with van der Waals surface area (Å²) in [5.74, 6) is 0.0719. The van der Waals surface area contributed by atoms with Crippen molar-refractivity contribution >= 4 is 39.8 Å². The molecule has 150 valence electrons. The summed E-state index contributed by atoms with van der Waals surface area (Å²) in [4.78, 5) is 25.2. The number of halogens is 1. The number of esters is 1. The van der Waals surface area contributed by atoms with Gasteiger partial charge in [0.1, 0.15) is 17.2 Å². The monoisotopic (exact) mass is 423 g/mol. The number of fused-ring (bicyclic) bond motifs is 1. The molecule has 8 heteroatoms. The largest absolute Gasteiger partial charge is 0.467 e. The first-order chi connectivity index (χ1) is 13.1. The molecule has 2 heterocycles. The van der Waals surface area contributed by atoms with Crippen LogP contribution in [0.2, 0.25) is 5.02 Å². The second kappa shape index (κ2) is 8.11. The summed E-state index contributed by atoms with van der Waals surface area (Å²) in [6.07, 6.45) is 0. The number of benzene rings is 1. The van der Waals surface area contributed by atoms with Crippen LogP contribution in [0.5, 0.6) is 5.75 Å². The smallest absolute Gasteiger partial charge is 0.348 e. The summed E-state index contributed by atoms with van der Waals surface area (Å²) in [5, 5.41) is 3.98. The number of rotatable bonds is 4. The Kier molecular flexibility index (Phi) is 5.98. The summed E-state index contributed by atoms with van der Waals surface area (Å²) in [6, 6.07) is 5.26. The Labute approximate surface area is 172 Å². The first-order valence-electron chi connectivity index (χ1n) is 8.76. The lowest BCUT2D eigenvalue weighted by molar-refractivity contribution is -0.123. The van der Waals surface area contributed by atoms with Crippen molar-refractivity contribution in [2.45, 2.75) is 40.9 Å². The van der Waals surface area contributed by atoms with Crippen LogP contribution in [-0.4, -0.2) is 18.7 Å². The number of nitrogens with one attached hydrogen (secondary N) is 1. The number of ether oxygens (including phenoxy) is 3. The summed E-state index contributed by atoms with van der Waals surface area (Å²) < 4.78 is 16.3. The van der Waals surface area contributed by atoms with Gasteiger partial charge in [0.25, 0.3) is 0 Å². The molecule has 28 heavy (non-hydrogen) atoms. The molecular weight excluding hydrogens is 402 g/mol. The summed E-state index contributed by atoms with van der Waals surface area (Å²) >= 11 is 7.33. The van der Waals surface area contributed by atoms with Crippen molar-refractivity contribution in [3.63, 3.8) is 0 Å². The van der Waals surface area contributed by atoms with Gasteiger partial charge in [-0.05, 0) is 30.7 Å². The normalized spacial score (nSPS) is 13.5. The first-order valence-corrected chi connectivity index (χ1v) is 9.95. The van der Waals surface area contributed by atoms with E-state index in [2.05, 4.69) is 5.32 Å². The molecule has 6 nitrogen and oxygen atoms in total. The predicted molar refractivity (Wildman–Crippen MR) is 108 cm³/mol. The second-order valence-electron chi connectivity index (χ2n) is 7.57. The number of thiophene rings is 1. The molecule has 0 radical (unpaired) electrons. The minimum atomic E-state index is -0.520. The molecule has 1 amide bonds. The maximum Gasteiger partial charge on any atom is 0.348 e. The third kappa shape index (κ3) is 4.66. The average Bonchev–Trinajstić information content (AvgIpc) is 2.98. The van der Waals surface area contributed by atoms with Gasteiger partial charge in [0.15, 0.2) is 6.79 Å². The Balaban J connectivity index is 1.71. The standard InChI is InChI=1S/C20H22ClNO5S/c1-11-5-15(22-19(24)20(2,3)4)28-17(11)18(23)26-9-13-7-14(21)6-12-8-25-10-27-16(12)13/h5-7H,8-10H2,1-4H3,(H,22,24). The lowest BCUT2D eigenvalue weighted by Crippen LogP contribution is -2.27. The van der Waals surface area contributed by atoms with Crippen LogP contribution in [-0.2, 0) is 27.5 Å². The van der Waals surface area contributed by atoms with Crippen molar-refractivity contribution in [1.82, 2.24) is 0 Å². The van der Waals surface area contributed by atoms with Crippen molar-refractivity contribution in [3.05, 3.63) is 44.8 Å². The van der Waals surface area contributed by atoms with Gasteiger partial charge in [0.2, 0.25) is 5.91 Å². The zero-order valence-electron chi connectivity index (χ0n) is 16.2. The van der Waals surface area contributed by atoms with Crippen LogP contribution in [0.25, 0.3) is 0 Å². The van der Waals surface area contributed by atoms with Crippen LogP contribution in [0.4, 0.5) is 5.00 Å². The van der Waals surface area contributed by atoms with Gasteiger partial charge in [0.05, 0.1) is 11.6 Å². The Morgan fingerprint density at radius 1 is 1.29 bits per heavy atom. The highest BCUT2D eigenvalue weighted by Crippen LogP contribution is 2.33. The van der Waals surface area contributed by atoms with Crippen LogP contribution in [0.3, 0.4) is 0 Å². The number of hydrogen-bond donors (Lipinski definition) is 1. The molecule has 0 unspecified atom stereocenters. The van der Waals surface area contributed by atoms with E-state index in [1.54, 1.807) is 18.2 Å². The van der Waals surface area contributed by atoms with Crippen molar-refractivity contribution in [2.24, 2.45) is 5.41 Å². The van der Waals surface area contributed by atoms with E-state index in [1.807, 2.05) is 27.7 Å². The lowest BCUT2D eigenvalue weighted by atomic mass is 9.96. The molecule has 0 atom stereocenters. The molecule has 3 rings (SSSR count). The summed E-state index contributed by atoms with van der Waals surface area (Å²) in [5.41, 5.74) is 1.74. The van der Waals surface area contributed by atoms with Crippen LogP contribution < -0.4 is 10.1 Å². The van der Waals surface area contributed by atoms with Gasteiger partial charge in [-0.1, -0.05) is 32.4 Å². The molecule has 1 aromatic heterocycles. The minimum absolute atomic E-state index is 0.0305. The molecule has 1 N–H and O–H groups in total. The molecule has 1 aliphatic rings. The molecule has 0 saturated carbocycles. The molecule has 1 aliphatic heterocycles. The second-order valence-corrected chi connectivity index (χ2v) is 9.06. The van der Waals surface area contributed by atoms with Crippen molar-refractivity contribution in [2.75, 3.05) is 12.1 Å². The van der Waals surface area contributed by atoms with E-state index in [1.165, 1.54) is 11.3 Å². The molecular formula is C20H22ClNO5S. The number of carbonyl (C=O) groups excluding carboxylic acids is 2. The number of anilines is 1. The van der Waals surface area contributed by atoms with Gasteiger partial charge >= 0.3 is 5.97 Å². The van der Waals surface area contributed by atoms with Crippen LogP contribution in [0.15, 0.2) is 18.2 Å². The van der Waals surface area contributed by atoms with E-state index in [4.69, 9.17) is 25.8 Å². The summed E-state index contributed by atoms with van der Waals surface area (Å²) in [6.45, 7) is 7.88. The van der Waals surface area contributed by atoms with E-state index in [0.717, 1.165) is 11.1 Å². The topological polar surface area (TPSA) is 73.9 Å². The fraction of sp³-hybridized carbons (Fsp3) is 0.400. The number of aryl methyl sites for hydroxylation is 1. The predicted octanol–water partition coefficient (Wildman–Crippen LogP) is 4.92. The molecule has 2 aromatic rings. The Bertz CT molecular complexity index is 916. The molecule has 0 saturated heterocycles. The highest BCUT2D eigenvalue weighted by molar-refractivity contribution is 7.18. The van der Waals surface area contributed by atoms with Crippen molar-refractivity contribution < 1.29 is 23.8 Å². The molecule has 0 fully saturated rings. The summed E-state index contributed by atoms with van der Waals surface area (Å²) in [7, 11) is 0. The quantitative estimate of drug-likeness (QED) is 0.706. The van der Waals surface area contributed by atoms with E-state index < -0.39 is 11.4 Å². The zero-order chi connectivity index (χ0) is 20.5. The van der Waals surface area contributed by atoms with E-state index >= 15 is 0 Å². The van der Waals surface area contributed by atoms with E-state index in [-0.39, 0.29) is 19.3 Å². The minimum Gasteiger partial charge on any atom is -0.467 e. The van der Waals surface area contributed by atoms with Gasteiger partial charge in [0, 0.05) is 21.6 Å². The van der Waals surface area contributed by atoms with Crippen molar-refractivity contribution in [1.29, 1.82) is 0 Å². The van der Waals surface area contributed by atoms with Crippen LogP contribution >= 0.6 is 22.9 Å². The third-order valence-corrected chi connectivity index (χ3v) is 5.48. The Hall–Kier alpha value is -2.09. The first kappa shape index (κ1) is 20.6.